The fourth-order valence-electron chi connectivity index (χ4n) is 2.47. The zero-order chi connectivity index (χ0) is 17.4. The lowest BCUT2D eigenvalue weighted by molar-refractivity contribution is -0.115. The Hall–Kier alpha value is -3.13. The Labute approximate surface area is 146 Å². The van der Waals surface area contributed by atoms with Crippen LogP contribution in [0.1, 0.15) is 5.76 Å². The van der Waals surface area contributed by atoms with Gasteiger partial charge in [0.25, 0.3) is 11.1 Å². The van der Waals surface area contributed by atoms with Crippen molar-refractivity contribution in [3.63, 3.8) is 0 Å². The zero-order valence-corrected chi connectivity index (χ0v) is 13.8. The number of imide groups is 1. The van der Waals surface area contributed by atoms with Crippen molar-refractivity contribution >= 4 is 40.0 Å². The number of ether oxygens (including phenoxy) is 1. The molecule has 1 aliphatic heterocycles. The first-order valence-corrected chi connectivity index (χ1v) is 8.08. The molecule has 0 aromatic carbocycles. The minimum absolute atomic E-state index is 0.296. The first-order chi connectivity index (χ1) is 12.1. The summed E-state index contributed by atoms with van der Waals surface area (Å²) in [5, 5.41) is 2.61. The van der Waals surface area contributed by atoms with Gasteiger partial charge in [-0.3, -0.25) is 19.9 Å². The van der Waals surface area contributed by atoms with Crippen LogP contribution in [-0.4, -0.2) is 28.2 Å². The molecule has 0 aliphatic carbocycles. The Morgan fingerprint density at radius 2 is 2.12 bits per heavy atom. The number of methoxy groups -OCH3 is 1. The van der Waals surface area contributed by atoms with Gasteiger partial charge in [-0.05, 0) is 23.9 Å². The second kappa shape index (κ2) is 6.06. The highest BCUT2D eigenvalue weighted by atomic mass is 32.2. The molecular weight excluding hydrogens is 342 g/mol. The van der Waals surface area contributed by atoms with Crippen molar-refractivity contribution in [2.75, 3.05) is 7.11 Å². The van der Waals surface area contributed by atoms with E-state index in [4.69, 9.17) is 9.15 Å². The minimum atomic E-state index is -0.423. The standard InChI is InChI=1S/C17H11N3O4S/c1-23-14-3-2-9(7-19-14)12-8-18-6-10-4-11(24-15(10)12)5-13-16(21)20-17(22)25-13/h2-8H,1H3,(H,20,21,22)/b13-5+. The number of carbonyl (C=O) groups excluding carboxylic acids is 2. The van der Waals surface area contributed by atoms with Crippen LogP contribution in [0, 0.1) is 0 Å². The molecule has 1 fully saturated rings. The van der Waals surface area contributed by atoms with Crippen LogP contribution in [0.25, 0.3) is 28.2 Å². The van der Waals surface area contributed by atoms with E-state index in [0.29, 0.717) is 22.1 Å². The van der Waals surface area contributed by atoms with E-state index in [9.17, 15) is 9.59 Å². The van der Waals surface area contributed by atoms with E-state index in [1.165, 1.54) is 0 Å². The number of carbonyl (C=O) groups is 2. The van der Waals surface area contributed by atoms with E-state index in [0.717, 1.165) is 28.3 Å². The molecule has 124 valence electrons. The predicted molar refractivity (Wildman–Crippen MR) is 92.9 cm³/mol. The van der Waals surface area contributed by atoms with Crippen molar-refractivity contribution in [2.24, 2.45) is 0 Å². The van der Waals surface area contributed by atoms with Crippen LogP contribution in [0.5, 0.6) is 5.88 Å². The Balaban J connectivity index is 1.77. The summed E-state index contributed by atoms with van der Waals surface area (Å²) >= 11 is 0.845. The van der Waals surface area contributed by atoms with Gasteiger partial charge < -0.3 is 9.15 Å². The summed E-state index contributed by atoms with van der Waals surface area (Å²) in [6.45, 7) is 0. The average molecular weight is 353 g/mol. The second-order valence-electron chi connectivity index (χ2n) is 5.20. The van der Waals surface area contributed by atoms with Crippen molar-refractivity contribution in [1.29, 1.82) is 0 Å². The van der Waals surface area contributed by atoms with Crippen LogP contribution < -0.4 is 10.1 Å². The maximum Gasteiger partial charge on any atom is 0.290 e. The topological polar surface area (TPSA) is 94.3 Å². The molecule has 0 saturated carbocycles. The van der Waals surface area contributed by atoms with Gasteiger partial charge in [0.2, 0.25) is 5.88 Å². The number of furan rings is 1. The fraction of sp³-hybridized carbons (Fsp3) is 0.0588. The van der Waals surface area contributed by atoms with E-state index < -0.39 is 5.91 Å². The van der Waals surface area contributed by atoms with Gasteiger partial charge in [-0.25, -0.2) is 4.98 Å². The maximum absolute atomic E-state index is 11.7. The monoisotopic (exact) mass is 353 g/mol. The average Bonchev–Trinajstić information content (AvgIpc) is 3.17. The highest BCUT2D eigenvalue weighted by Gasteiger charge is 2.25. The normalized spacial score (nSPS) is 15.8. The van der Waals surface area contributed by atoms with Gasteiger partial charge in [0.15, 0.2) is 0 Å². The van der Waals surface area contributed by atoms with Crippen molar-refractivity contribution in [3.8, 4) is 17.0 Å². The SMILES string of the molecule is COc1ccc(-c2cncc3cc(/C=C4/SC(=O)NC4=O)oc23)cn1. The first kappa shape index (κ1) is 15.4. The molecule has 4 heterocycles. The molecular formula is C17H11N3O4S. The van der Waals surface area contributed by atoms with Gasteiger partial charge in [-0.15, -0.1) is 0 Å². The van der Waals surface area contributed by atoms with Crippen molar-refractivity contribution in [2.45, 2.75) is 0 Å². The number of thioether (sulfide) groups is 1. The Morgan fingerprint density at radius 1 is 1.24 bits per heavy atom. The third kappa shape index (κ3) is 2.87. The summed E-state index contributed by atoms with van der Waals surface area (Å²) in [6, 6.07) is 5.39. The summed E-state index contributed by atoms with van der Waals surface area (Å²) in [4.78, 5) is 31.6. The van der Waals surface area contributed by atoms with E-state index >= 15 is 0 Å². The van der Waals surface area contributed by atoms with Gasteiger partial charge in [-0.2, -0.15) is 0 Å². The smallest absolute Gasteiger partial charge is 0.290 e. The lowest BCUT2D eigenvalue weighted by Crippen LogP contribution is -2.17. The Bertz CT molecular complexity index is 1020. The summed E-state index contributed by atoms with van der Waals surface area (Å²) in [5.74, 6) is 0.564. The van der Waals surface area contributed by atoms with Crippen molar-refractivity contribution in [3.05, 3.63) is 47.5 Å². The number of pyridine rings is 2. The van der Waals surface area contributed by atoms with Crippen molar-refractivity contribution < 1.29 is 18.7 Å². The summed E-state index contributed by atoms with van der Waals surface area (Å²) in [7, 11) is 1.55. The van der Waals surface area contributed by atoms with Crippen molar-refractivity contribution in [1.82, 2.24) is 15.3 Å². The lowest BCUT2D eigenvalue weighted by atomic mass is 10.1. The second-order valence-corrected chi connectivity index (χ2v) is 6.21. The predicted octanol–water partition coefficient (Wildman–Crippen LogP) is 3.22. The third-order valence-corrected chi connectivity index (χ3v) is 4.42. The molecule has 1 saturated heterocycles. The largest absolute Gasteiger partial charge is 0.481 e. The molecule has 2 amide bonds. The van der Waals surface area contributed by atoms with Crippen LogP contribution in [0.15, 0.2) is 46.1 Å². The van der Waals surface area contributed by atoms with Crippen LogP contribution in [0.2, 0.25) is 0 Å². The zero-order valence-electron chi connectivity index (χ0n) is 13.0. The molecule has 7 nitrogen and oxygen atoms in total. The van der Waals surface area contributed by atoms with Crippen LogP contribution in [0.4, 0.5) is 4.79 Å². The molecule has 0 atom stereocenters. The van der Waals surface area contributed by atoms with E-state index in [1.54, 1.807) is 43.9 Å². The number of hydrogen-bond donors (Lipinski definition) is 1. The molecule has 0 radical (unpaired) electrons. The third-order valence-electron chi connectivity index (χ3n) is 3.61. The quantitative estimate of drug-likeness (QED) is 0.722. The lowest BCUT2D eigenvalue weighted by Gasteiger charge is -2.03. The number of aromatic nitrogens is 2. The highest BCUT2D eigenvalue weighted by Crippen LogP contribution is 2.32. The van der Waals surface area contributed by atoms with E-state index in [-0.39, 0.29) is 5.24 Å². The highest BCUT2D eigenvalue weighted by molar-refractivity contribution is 8.18. The van der Waals surface area contributed by atoms with E-state index in [1.807, 2.05) is 6.07 Å². The molecule has 3 aromatic rings. The molecule has 25 heavy (non-hydrogen) atoms. The van der Waals surface area contributed by atoms with Gasteiger partial charge in [0, 0.05) is 47.2 Å². The molecule has 1 N–H and O–H groups in total. The molecule has 0 spiro atoms. The fourth-order valence-corrected chi connectivity index (χ4v) is 3.13. The number of amides is 2. The number of fused-ring (bicyclic) bond motifs is 1. The molecule has 8 heteroatoms. The summed E-state index contributed by atoms with van der Waals surface area (Å²) < 4.78 is 10.9. The van der Waals surface area contributed by atoms with Gasteiger partial charge in [0.05, 0.1) is 12.0 Å². The Kier molecular flexibility index (Phi) is 3.73. The van der Waals surface area contributed by atoms with Gasteiger partial charge in [0.1, 0.15) is 11.3 Å². The minimum Gasteiger partial charge on any atom is -0.481 e. The maximum atomic E-state index is 11.7. The Morgan fingerprint density at radius 3 is 2.80 bits per heavy atom. The molecule has 0 unspecified atom stereocenters. The molecule has 4 rings (SSSR count). The van der Waals surface area contributed by atoms with Gasteiger partial charge in [-0.1, -0.05) is 0 Å². The molecule has 0 bridgehead atoms. The number of hydrogen-bond acceptors (Lipinski definition) is 7. The van der Waals surface area contributed by atoms with Crippen LogP contribution in [-0.2, 0) is 4.79 Å². The number of nitrogens with zero attached hydrogens (tertiary/aromatic N) is 2. The first-order valence-electron chi connectivity index (χ1n) is 7.27. The summed E-state index contributed by atoms with van der Waals surface area (Å²) in [5.41, 5.74) is 2.23. The number of rotatable bonds is 3. The number of nitrogens with one attached hydrogen (secondary N) is 1. The van der Waals surface area contributed by atoms with Gasteiger partial charge >= 0.3 is 0 Å². The van der Waals surface area contributed by atoms with Crippen LogP contribution in [0.3, 0.4) is 0 Å². The van der Waals surface area contributed by atoms with Crippen LogP contribution >= 0.6 is 11.8 Å². The molecule has 1 aliphatic rings. The summed E-state index contributed by atoms with van der Waals surface area (Å²) in [6.07, 6.45) is 6.58. The molecule has 3 aromatic heterocycles. The van der Waals surface area contributed by atoms with E-state index in [2.05, 4.69) is 15.3 Å².